The minimum Gasteiger partial charge on any atom is -0.490 e. The number of aromatic amines is 1. The highest BCUT2D eigenvalue weighted by Gasteiger charge is 2.37. The van der Waals surface area contributed by atoms with E-state index in [4.69, 9.17) is 4.74 Å². The van der Waals surface area contributed by atoms with Crippen molar-refractivity contribution < 1.29 is 9.53 Å². The molecule has 7 heteroatoms. The fraction of sp³-hybridized carbons (Fsp3) is 0.348. The van der Waals surface area contributed by atoms with Crippen molar-refractivity contribution in [1.29, 1.82) is 0 Å². The van der Waals surface area contributed by atoms with Gasteiger partial charge in [0.15, 0.2) is 5.65 Å². The lowest BCUT2D eigenvalue weighted by molar-refractivity contribution is 0.0656. The Labute approximate surface area is 174 Å². The Morgan fingerprint density at radius 2 is 1.93 bits per heavy atom. The van der Waals surface area contributed by atoms with E-state index < -0.39 is 0 Å². The molecule has 0 radical (unpaired) electrons. The van der Waals surface area contributed by atoms with E-state index in [1.807, 2.05) is 29.2 Å². The molecule has 1 aliphatic heterocycles. The van der Waals surface area contributed by atoms with Crippen molar-refractivity contribution >= 4 is 11.6 Å². The van der Waals surface area contributed by atoms with Gasteiger partial charge >= 0.3 is 0 Å². The second-order valence-corrected chi connectivity index (χ2v) is 7.96. The van der Waals surface area contributed by atoms with Gasteiger partial charge in [-0.1, -0.05) is 31.9 Å². The van der Waals surface area contributed by atoms with Crippen LogP contribution in [0.5, 0.6) is 5.75 Å². The molecule has 0 bridgehead atoms. The van der Waals surface area contributed by atoms with E-state index in [0.29, 0.717) is 30.1 Å². The van der Waals surface area contributed by atoms with Crippen molar-refractivity contribution in [1.82, 2.24) is 19.5 Å². The number of rotatable bonds is 5. The average Bonchev–Trinajstić information content (AvgIpc) is 3.36. The molecule has 1 aromatic carbocycles. The molecule has 0 atom stereocenters. The van der Waals surface area contributed by atoms with Crippen LogP contribution in [0.4, 0.5) is 0 Å². The molecular formula is C23H24N4O3. The lowest BCUT2D eigenvalue weighted by atomic mass is 9.94. The summed E-state index contributed by atoms with van der Waals surface area (Å²) in [6.07, 6.45) is 7.21. The maximum absolute atomic E-state index is 13.1. The monoisotopic (exact) mass is 404 g/mol. The first-order chi connectivity index (χ1) is 14.7. The molecule has 0 spiro atoms. The zero-order valence-electron chi connectivity index (χ0n) is 16.8. The number of ether oxygens (including phenoxy) is 1. The number of nitrogens with zero attached hydrogens (tertiary/aromatic N) is 3. The number of hydrogen-bond donors (Lipinski definition) is 1. The normalized spacial score (nSPS) is 16.8. The molecular weight excluding hydrogens is 380 g/mol. The van der Waals surface area contributed by atoms with Gasteiger partial charge in [-0.15, -0.1) is 0 Å². The van der Waals surface area contributed by atoms with E-state index in [9.17, 15) is 9.59 Å². The number of aromatic nitrogens is 3. The van der Waals surface area contributed by atoms with Gasteiger partial charge < -0.3 is 9.64 Å². The minimum atomic E-state index is -0.196. The maximum Gasteiger partial charge on any atom is 0.278 e. The molecule has 1 amide bonds. The summed E-state index contributed by atoms with van der Waals surface area (Å²) in [5.74, 6) is 0.639. The summed E-state index contributed by atoms with van der Waals surface area (Å²) in [6, 6.07) is 9.59. The van der Waals surface area contributed by atoms with E-state index in [1.54, 1.807) is 12.1 Å². The molecule has 0 unspecified atom stereocenters. The van der Waals surface area contributed by atoms with Crippen LogP contribution < -0.4 is 10.3 Å². The molecule has 1 fully saturated rings. The van der Waals surface area contributed by atoms with Crippen molar-refractivity contribution in [2.75, 3.05) is 6.61 Å². The number of benzene rings is 1. The second kappa shape index (κ2) is 7.48. The van der Waals surface area contributed by atoms with Gasteiger partial charge in [0.1, 0.15) is 18.1 Å². The van der Waals surface area contributed by atoms with Gasteiger partial charge in [-0.3, -0.25) is 14.7 Å². The van der Waals surface area contributed by atoms with E-state index in [-0.39, 0.29) is 17.5 Å². The number of hydrogen-bond acceptors (Lipinski definition) is 4. The molecule has 5 rings (SSSR count). The van der Waals surface area contributed by atoms with Crippen molar-refractivity contribution in [3.63, 3.8) is 0 Å². The smallest absolute Gasteiger partial charge is 0.278 e. The molecule has 2 aliphatic rings. The molecule has 3 aromatic rings. The topological polar surface area (TPSA) is 79.7 Å². The first kappa shape index (κ1) is 18.7. The number of carbonyl (C=O) groups is 1. The molecule has 154 valence electrons. The summed E-state index contributed by atoms with van der Waals surface area (Å²) in [5.41, 5.74) is 2.73. The van der Waals surface area contributed by atoms with Gasteiger partial charge in [0.25, 0.3) is 11.5 Å². The summed E-state index contributed by atoms with van der Waals surface area (Å²) in [6.45, 7) is 4.44. The first-order valence-corrected chi connectivity index (χ1v) is 10.5. The van der Waals surface area contributed by atoms with Gasteiger partial charge in [-0.25, -0.2) is 9.50 Å². The highest BCUT2D eigenvalue weighted by molar-refractivity contribution is 5.97. The third-order valence-corrected chi connectivity index (χ3v) is 6.05. The highest BCUT2D eigenvalue weighted by Crippen LogP contribution is 2.29. The van der Waals surface area contributed by atoms with E-state index >= 15 is 0 Å². The van der Waals surface area contributed by atoms with Gasteiger partial charge in [0.2, 0.25) is 0 Å². The fourth-order valence-electron chi connectivity index (χ4n) is 4.48. The Kier molecular flexibility index (Phi) is 4.65. The number of nitrogens with one attached hydrogen (secondary N) is 1. The predicted octanol–water partition coefficient (Wildman–Crippen LogP) is 3.54. The molecule has 1 N–H and O–H groups in total. The van der Waals surface area contributed by atoms with Crippen LogP contribution in [0.2, 0.25) is 0 Å². The van der Waals surface area contributed by atoms with E-state index in [2.05, 4.69) is 16.7 Å². The SMILES string of the molecule is C=CCOc1ccc(-c2cc3nc4c(c(=O)n3[nH]2)CN(C2CCCCC2)C4=O)cc1. The fourth-order valence-corrected chi connectivity index (χ4v) is 4.48. The van der Waals surface area contributed by atoms with Gasteiger partial charge in [-0.05, 0) is 42.7 Å². The highest BCUT2D eigenvalue weighted by atomic mass is 16.5. The molecule has 2 aromatic heterocycles. The van der Waals surface area contributed by atoms with Crippen LogP contribution in [0.1, 0.15) is 48.2 Å². The van der Waals surface area contributed by atoms with Crippen molar-refractivity contribution in [2.24, 2.45) is 0 Å². The van der Waals surface area contributed by atoms with E-state index in [0.717, 1.165) is 42.7 Å². The number of carbonyl (C=O) groups excluding carboxylic acids is 1. The zero-order valence-corrected chi connectivity index (χ0v) is 16.8. The average molecular weight is 404 g/mol. The lowest BCUT2D eigenvalue weighted by Crippen LogP contribution is -2.37. The van der Waals surface area contributed by atoms with Crippen molar-refractivity contribution in [3.05, 3.63) is 64.6 Å². The summed E-state index contributed by atoms with van der Waals surface area (Å²) in [5, 5.41) is 3.14. The number of H-pyrrole nitrogens is 1. The largest absolute Gasteiger partial charge is 0.490 e. The quantitative estimate of drug-likeness (QED) is 0.660. The van der Waals surface area contributed by atoms with Crippen LogP contribution in [-0.2, 0) is 6.54 Å². The van der Waals surface area contributed by atoms with Crippen LogP contribution in [0, 0.1) is 0 Å². The molecule has 1 aliphatic carbocycles. The van der Waals surface area contributed by atoms with Gasteiger partial charge in [0, 0.05) is 12.1 Å². The Morgan fingerprint density at radius 1 is 1.17 bits per heavy atom. The Balaban J connectivity index is 1.46. The summed E-state index contributed by atoms with van der Waals surface area (Å²) in [4.78, 5) is 32.5. The Morgan fingerprint density at radius 3 is 2.67 bits per heavy atom. The molecule has 30 heavy (non-hydrogen) atoms. The summed E-state index contributed by atoms with van der Waals surface area (Å²) in [7, 11) is 0. The van der Waals surface area contributed by atoms with Crippen LogP contribution in [-0.4, -0.2) is 38.1 Å². The Bertz CT molecular complexity index is 1170. The number of amides is 1. The lowest BCUT2D eigenvalue weighted by Gasteiger charge is -2.30. The van der Waals surface area contributed by atoms with Crippen molar-refractivity contribution in [2.45, 2.75) is 44.7 Å². The molecule has 0 saturated heterocycles. The second-order valence-electron chi connectivity index (χ2n) is 7.96. The van der Waals surface area contributed by atoms with Gasteiger partial charge in [0.05, 0.1) is 17.8 Å². The van der Waals surface area contributed by atoms with Crippen molar-refractivity contribution in [3.8, 4) is 17.0 Å². The Hall–Kier alpha value is -3.35. The zero-order chi connectivity index (χ0) is 20.7. The summed E-state index contributed by atoms with van der Waals surface area (Å²) >= 11 is 0. The molecule has 7 nitrogen and oxygen atoms in total. The summed E-state index contributed by atoms with van der Waals surface area (Å²) < 4.78 is 6.95. The molecule has 3 heterocycles. The first-order valence-electron chi connectivity index (χ1n) is 10.5. The van der Waals surface area contributed by atoms with Crippen LogP contribution in [0.15, 0.2) is 47.8 Å². The number of fused-ring (bicyclic) bond motifs is 2. The van der Waals surface area contributed by atoms with E-state index in [1.165, 1.54) is 10.9 Å². The minimum absolute atomic E-state index is 0.108. The third kappa shape index (κ3) is 3.10. The standard InChI is InChI=1S/C23H24N4O3/c1-2-12-30-17-10-8-15(9-11-17)19-13-20-24-21-18(22(28)27(20)25-19)14-26(23(21)29)16-6-4-3-5-7-16/h2,8-11,13,16,25H,1,3-7,12,14H2. The third-order valence-electron chi connectivity index (χ3n) is 6.05. The van der Waals surface area contributed by atoms with Crippen LogP contribution >= 0.6 is 0 Å². The van der Waals surface area contributed by atoms with Gasteiger partial charge in [-0.2, -0.15) is 0 Å². The maximum atomic E-state index is 13.1. The molecule has 1 saturated carbocycles. The van der Waals surface area contributed by atoms with Crippen LogP contribution in [0.25, 0.3) is 16.9 Å². The van der Waals surface area contributed by atoms with Crippen LogP contribution in [0.3, 0.4) is 0 Å². The predicted molar refractivity (Wildman–Crippen MR) is 114 cm³/mol.